The number of nitrogens with zero attached hydrogens (tertiary/aromatic N) is 1. The third-order valence-electron chi connectivity index (χ3n) is 5.91. The van der Waals surface area contributed by atoms with Crippen molar-refractivity contribution >= 4 is 39.7 Å². The lowest BCUT2D eigenvalue weighted by Gasteiger charge is -2.22. The van der Waals surface area contributed by atoms with E-state index in [1.54, 1.807) is 30.7 Å². The first-order chi connectivity index (χ1) is 15.0. The van der Waals surface area contributed by atoms with Gasteiger partial charge >= 0.3 is 0 Å². The van der Waals surface area contributed by atoms with Crippen molar-refractivity contribution in [1.82, 2.24) is 10.3 Å². The number of aromatic nitrogens is 1. The predicted molar refractivity (Wildman–Crippen MR) is 126 cm³/mol. The Morgan fingerprint density at radius 3 is 2.74 bits per heavy atom. The Labute approximate surface area is 189 Å². The molecule has 0 bridgehead atoms. The van der Waals surface area contributed by atoms with Crippen molar-refractivity contribution < 1.29 is 9.53 Å². The van der Waals surface area contributed by atoms with Crippen LogP contribution in [0.15, 0.2) is 60.1 Å². The van der Waals surface area contributed by atoms with E-state index in [2.05, 4.69) is 28.5 Å². The molecule has 0 aliphatic heterocycles. The molecule has 0 atom stereocenters. The highest BCUT2D eigenvalue weighted by Gasteiger charge is 2.47. The van der Waals surface area contributed by atoms with E-state index in [1.807, 2.05) is 36.6 Å². The molecular weight excluding hydrogens is 428 g/mol. The smallest absolute Gasteiger partial charge is 0.252 e. The SMILES string of the molecule is COc1ccc(C)c(C(=O)NC2(c3cc(-c4sccc4Cl)cc4ncccc34)CC2)c1. The molecule has 0 radical (unpaired) electrons. The molecule has 156 valence electrons. The van der Waals surface area contributed by atoms with E-state index >= 15 is 0 Å². The number of hydrogen-bond donors (Lipinski definition) is 1. The van der Waals surface area contributed by atoms with Crippen LogP contribution in [0.5, 0.6) is 5.75 Å². The van der Waals surface area contributed by atoms with Crippen LogP contribution < -0.4 is 10.1 Å². The predicted octanol–water partition coefficient (Wildman–Crippen LogP) is 6.35. The maximum atomic E-state index is 13.3. The molecule has 2 aromatic heterocycles. The van der Waals surface area contributed by atoms with Gasteiger partial charge in [0, 0.05) is 17.1 Å². The van der Waals surface area contributed by atoms with E-state index in [9.17, 15) is 4.79 Å². The van der Waals surface area contributed by atoms with Crippen molar-refractivity contribution in [2.24, 2.45) is 0 Å². The number of pyridine rings is 1. The van der Waals surface area contributed by atoms with Crippen LogP contribution in [-0.4, -0.2) is 18.0 Å². The van der Waals surface area contributed by atoms with Crippen molar-refractivity contribution in [3.8, 4) is 16.2 Å². The zero-order valence-corrected chi connectivity index (χ0v) is 18.8. The molecule has 1 aliphatic carbocycles. The molecule has 4 nitrogen and oxygen atoms in total. The van der Waals surface area contributed by atoms with Crippen LogP contribution in [0.4, 0.5) is 0 Å². The summed E-state index contributed by atoms with van der Waals surface area (Å²) in [7, 11) is 1.61. The molecule has 31 heavy (non-hydrogen) atoms. The van der Waals surface area contributed by atoms with Gasteiger partial charge in [-0.05, 0) is 78.2 Å². The van der Waals surface area contributed by atoms with Gasteiger partial charge in [0.2, 0.25) is 0 Å². The molecule has 2 heterocycles. The lowest BCUT2D eigenvalue weighted by molar-refractivity contribution is 0.0930. The van der Waals surface area contributed by atoms with Gasteiger partial charge < -0.3 is 10.1 Å². The summed E-state index contributed by atoms with van der Waals surface area (Å²) >= 11 is 8.03. The van der Waals surface area contributed by atoms with Crippen LogP contribution in [0.25, 0.3) is 21.3 Å². The molecule has 4 aromatic rings. The van der Waals surface area contributed by atoms with Crippen molar-refractivity contribution in [2.45, 2.75) is 25.3 Å². The minimum Gasteiger partial charge on any atom is -0.497 e. The highest BCUT2D eigenvalue weighted by molar-refractivity contribution is 7.14. The molecule has 0 saturated heterocycles. The monoisotopic (exact) mass is 448 g/mol. The average Bonchev–Trinajstić information content (AvgIpc) is 3.43. The lowest BCUT2D eigenvalue weighted by atomic mass is 9.95. The van der Waals surface area contributed by atoms with Crippen molar-refractivity contribution in [2.75, 3.05) is 7.11 Å². The van der Waals surface area contributed by atoms with Crippen LogP contribution in [-0.2, 0) is 5.54 Å². The number of nitrogens with one attached hydrogen (secondary N) is 1. The summed E-state index contributed by atoms with van der Waals surface area (Å²) in [6.45, 7) is 1.94. The van der Waals surface area contributed by atoms with Gasteiger partial charge in [-0.2, -0.15) is 0 Å². The van der Waals surface area contributed by atoms with E-state index in [0.717, 1.165) is 50.3 Å². The largest absolute Gasteiger partial charge is 0.497 e. The lowest BCUT2D eigenvalue weighted by Crippen LogP contribution is -2.35. The van der Waals surface area contributed by atoms with Crippen LogP contribution >= 0.6 is 22.9 Å². The Hall–Kier alpha value is -2.89. The molecule has 0 spiro atoms. The fourth-order valence-electron chi connectivity index (χ4n) is 4.05. The van der Waals surface area contributed by atoms with Gasteiger partial charge in [-0.25, -0.2) is 0 Å². The number of carbonyl (C=O) groups is 1. The van der Waals surface area contributed by atoms with Gasteiger partial charge in [-0.15, -0.1) is 11.3 Å². The summed E-state index contributed by atoms with van der Waals surface area (Å²) in [4.78, 5) is 18.9. The van der Waals surface area contributed by atoms with Crippen LogP contribution in [0.1, 0.15) is 34.3 Å². The Morgan fingerprint density at radius 1 is 1.19 bits per heavy atom. The van der Waals surface area contributed by atoms with Gasteiger partial charge in [-0.1, -0.05) is 23.7 Å². The standard InChI is InChI=1S/C25H21ClN2O2S/c1-15-5-6-17(30-2)14-19(15)24(29)28-25(8-9-25)20-12-16(23-21(26)7-11-31-23)13-22-18(20)4-3-10-27-22/h3-7,10-14H,8-9H2,1-2H3,(H,28,29). The minimum absolute atomic E-state index is 0.0921. The molecule has 1 saturated carbocycles. The normalized spacial score (nSPS) is 14.4. The summed E-state index contributed by atoms with van der Waals surface area (Å²) in [6.07, 6.45) is 3.56. The van der Waals surface area contributed by atoms with E-state index in [0.29, 0.717) is 11.3 Å². The Morgan fingerprint density at radius 2 is 2.03 bits per heavy atom. The molecular formula is C25H21ClN2O2S. The molecule has 1 aliphatic rings. The number of carbonyl (C=O) groups excluding carboxylic acids is 1. The molecule has 6 heteroatoms. The molecule has 1 fully saturated rings. The Bertz CT molecular complexity index is 1310. The number of amides is 1. The molecule has 1 N–H and O–H groups in total. The first-order valence-electron chi connectivity index (χ1n) is 10.1. The zero-order valence-electron chi connectivity index (χ0n) is 17.2. The fourth-order valence-corrected chi connectivity index (χ4v) is 5.21. The van der Waals surface area contributed by atoms with E-state index < -0.39 is 5.54 Å². The highest BCUT2D eigenvalue weighted by Crippen LogP contribution is 2.49. The van der Waals surface area contributed by atoms with Crippen LogP contribution in [0.2, 0.25) is 5.02 Å². The number of fused-ring (bicyclic) bond motifs is 1. The van der Waals surface area contributed by atoms with Gasteiger partial charge in [0.05, 0.1) is 28.1 Å². The topological polar surface area (TPSA) is 51.2 Å². The third-order valence-corrected chi connectivity index (χ3v) is 7.30. The van der Waals surface area contributed by atoms with E-state index in [1.165, 1.54) is 0 Å². The van der Waals surface area contributed by atoms with Crippen LogP contribution in [0.3, 0.4) is 0 Å². The number of aryl methyl sites for hydroxylation is 1. The van der Waals surface area contributed by atoms with E-state index in [-0.39, 0.29) is 5.91 Å². The second-order valence-electron chi connectivity index (χ2n) is 7.91. The van der Waals surface area contributed by atoms with Crippen molar-refractivity contribution in [3.63, 3.8) is 0 Å². The number of thiophene rings is 1. The molecule has 2 aromatic carbocycles. The molecule has 0 unspecified atom stereocenters. The van der Waals surface area contributed by atoms with Gasteiger partial charge in [0.1, 0.15) is 5.75 Å². The summed E-state index contributed by atoms with van der Waals surface area (Å²) in [5.41, 5.74) is 4.15. The summed E-state index contributed by atoms with van der Waals surface area (Å²) in [6, 6.07) is 15.7. The number of halogens is 1. The first kappa shape index (κ1) is 20.0. The van der Waals surface area contributed by atoms with Crippen molar-refractivity contribution in [3.05, 3.63) is 81.8 Å². The highest BCUT2D eigenvalue weighted by atomic mass is 35.5. The number of rotatable bonds is 5. The molecule has 5 rings (SSSR count). The third kappa shape index (κ3) is 3.58. The number of ether oxygens (including phenoxy) is 1. The first-order valence-corrected chi connectivity index (χ1v) is 11.4. The van der Waals surface area contributed by atoms with E-state index in [4.69, 9.17) is 16.3 Å². The Kier molecular flexibility index (Phi) is 4.95. The van der Waals surface area contributed by atoms with Crippen molar-refractivity contribution in [1.29, 1.82) is 0 Å². The number of methoxy groups -OCH3 is 1. The zero-order chi connectivity index (χ0) is 21.6. The quantitative estimate of drug-likeness (QED) is 0.387. The number of hydrogen-bond acceptors (Lipinski definition) is 4. The second-order valence-corrected chi connectivity index (χ2v) is 9.23. The van der Waals surface area contributed by atoms with Gasteiger partial charge in [0.15, 0.2) is 0 Å². The van der Waals surface area contributed by atoms with Gasteiger partial charge in [0.25, 0.3) is 5.91 Å². The maximum Gasteiger partial charge on any atom is 0.252 e. The van der Waals surface area contributed by atoms with Gasteiger partial charge in [-0.3, -0.25) is 9.78 Å². The minimum atomic E-state index is -0.409. The average molecular weight is 449 g/mol. The summed E-state index contributed by atoms with van der Waals surface area (Å²) in [5.74, 6) is 0.579. The maximum absolute atomic E-state index is 13.3. The number of benzene rings is 2. The summed E-state index contributed by atoms with van der Waals surface area (Å²) < 4.78 is 5.32. The fraction of sp³-hybridized carbons (Fsp3) is 0.200. The Balaban J connectivity index is 1.59. The molecule has 1 amide bonds. The van der Waals surface area contributed by atoms with Crippen LogP contribution in [0, 0.1) is 6.92 Å². The summed E-state index contributed by atoms with van der Waals surface area (Å²) in [5, 5.41) is 7.09. The second kappa shape index (κ2) is 7.66.